The number of carbonyl (C=O) groups is 4. The molecule has 0 aromatic heterocycles. The van der Waals surface area contributed by atoms with Crippen LogP contribution in [0.1, 0.15) is 35.1 Å². The largest absolute Gasteiger partial charge is 0.447 e. The molecule has 3 amide bonds. The Morgan fingerprint density at radius 3 is 2.18 bits per heavy atom. The van der Waals surface area contributed by atoms with Crippen LogP contribution >= 0.6 is 0 Å². The van der Waals surface area contributed by atoms with Gasteiger partial charge in [0.25, 0.3) is 0 Å². The average molecular weight is 531 g/mol. The van der Waals surface area contributed by atoms with Crippen LogP contribution in [-0.2, 0) is 43.2 Å². The quantitative estimate of drug-likeness (QED) is 0.223. The molecule has 0 radical (unpaired) electrons. The third-order valence-electron chi connectivity index (χ3n) is 6.25. The lowest BCUT2D eigenvalue weighted by molar-refractivity contribution is -0.146. The van der Waals surface area contributed by atoms with Crippen molar-refractivity contribution in [2.75, 3.05) is 13.3 Å². The Labute approximate surface area is 226 Å². The van der Waals surface area contributed by atoms with E-state index in [2.05, 4.69) is 5.32 Å². The minimum atomic E-state index is -0.739. The number of nitrogens with one attached hydrogen (secondary N) is 1. The summed E-state index contributed by atoms with van der Waals surface area (Å²) in [5.41, 5.74) is 4.03. The Hall–Kier alpha value is -4.66. The molecule has 0 spiro atoms. The number of imide groups is 1. The number of amides is 3. The van der Waals surface area contributed by atoms with Gasteiger partial charge in [0.05, 0.1) is 12.5 Å². The Morgan fingerprint density at radius 1 is 0.821 bits per heavy atom. The minimum absolute atomic E-state index is 0.0629. The van der Waals surface area contributed by atoms with Crippen LogP contribution in [0.2, 0.25) is 0 Å². The van der Waals surface area contributed by atoms with Crippen molar-refractivity contribution >= 4 is 24.1 Å². The number of esters is 1. The molecule has 0 bridgehead atoms. The minimum Gasteiger partial charge on any atom is -0.447 e. The van der Waals surface area contributed by atoms with Crippen molar-refractivity contribution in [1.82, 2.24) is 10.2 Å². The highest BCUT2D eigenvalue weighted by atomic mass is 16.6. The number of hydrogen-bond donors (Lipinski definition) is 1. The van der Waals surface area contributed by atoms with Gasteiger partial charge >= 0.3 is 18.2 Å². The first-order chi connectivity index (χ1) is 19.0. The molecule has 9 nitrogen and oxygen atoms in total. The van der Waals surface area contributed by atoms with Gasteiger partial charge < -0.3 is 14.2 Å². The van der Waals surface area contributed by atoms with E-state index in [0.717, 1.165) is 27.2 Å². The smallest absolute Gasteiger partial charge is 0.416 e. The van der Waals surface area contributed by atoms with Crippen LogP contribution in [-0.4, -0.2) is 48.3 Å². The lowest BCUT2D eigenvalue weighted by Crippen LogP contribution is -2.40. The molecule has 3 aromatic carbocycles. The van der Waals surface area contributed by atoms with Gasteiger partial charge in [-0.05, 0) is 35.1 Å². The van der Waals surface area contributed by atoms with E-state index < -0.39 is 36.8 Å². The first-order valence-electron chi connectivity index (χ1n) is 12.7. The number of ether oxygens (including phenoxy) is 3. The van der Waals surface area contributed by atoms with Crippen molar-refractivity contribution in [3.05, 3.63) is 107 Å². The van der Waals surface area contributed by atoms with Crippen LogP contribution in [0.5, 0.6) is 0 Å². The molecule has 1 fully saturated rings. The maximum absolute atomic E-state index is 12.6. The number of rotatable bonds is 11. The zero-order valence-corrected chi connectivity index (χ0v) is 21.4. The summed E-state index contributed by atoms with van der Waals surface area (Å²) in [5.74, 6) is -1.21. The molecular formula is C30H30N2O7. The summed E-state index contributed by atoms with van der Waals surface area (Å²) < 4.78 is 15.3. The van der Waals surface area contributed by atoms with Crippen LogP contribution in [0.3, 0.4) is 0 Å². The van der Waals surface area contributed by atoms with Gasteiger partial charge in [-0.3, -0.25) is 14.9 Å². The summed E-state index contributed by atoms with van der Waals surface area (Å²) >= 11 is 0. The van der Waals surface area contributed by atoms with Crippen LogP contribution in [0, 0.1) is 0 Å². The van der Waals surface area contributed by atoms with Gasteiger partial charge in [-0.25, -0.2) is 14.5 Å². The molecule has 1 N–H and O–H groups in total. The predicted molar refractivity (Wildman–Crippen MR) is 141 cm³/mol. The van der Waals surface area contributed by atoms with Crippen molar-refractivity contribution in [2.45, 2.75) is 38.3 Å². The van der Waals surface area contributed by atoms with E-state index in [-0.39, 0.29) is 26.1 Å². The molecule has 0 saturated carbocycles. The molecule has 4 rings (SSSR count). The Kier molecular flexibility index (Phi) is 9.66. The highest BCUT2D eigenvalue weighted by molar-refractivity contribution is 5.94. The number of nitrogens with zero attached hydrogens (tertiary/aromatic N) is 1. The van der Waals surface area contributed by atoms with Crippen LogP contribution < -0.4 is 5.32 Å². The molecule has 0 aliphatic carbocycles. The van der Waals surface area contributed by atoms with Gasteiger partial charge in [0.15, 0.2) is 6.73 Å². The van der Waals surface area contributed by atoms with Gasteiger partial charge in [-0.1, -0.05) is 84.9 Å². The molecule has 3 aromatic rings. The summed E-state index contributed by atoms with van der Waals surface area (Å²) in [5, 5.41) is 2.36. The SMILES string of the molecule is O=C(CCC(=O)N1C(=O)OC[C@H]1Cc1ccccc1)OCNC(=O)OCc1ccccc1Cc1ccccc1. The van der Waals surface area contributed by atoms with E-state index in [9.17, 15) is 19.2 Å². The highest BCUT2D eigenvalue weighted by Crippen LogP contribution is 2.19. The fourth-order valence-corrected chi connectivity index (χ4v) is 4.26. The van der Waals surface area contributed by atoms with E-state index in [1.165, 1.54) is 0 Å². The number of hydrogen-bond acceptors (Lipinski definition) is 7. The number of carbonyl (C=O) groups excluding carboxylic acids is 4. The molecule has 1 heterocycles. The molecule has 9 heteroatoms. The lowest BCUT2D eigenvalue weighted by atomic mass is 10.0. The number of alkyl carbamates (subject to hydrolysis) is 1. The molecule has 202 valence electrons. The maximum atomic E-state index is 12.6. The molecule has 1 saturated heterocycles. The van der Waals surface area contributed by atoms with Crippen molar-refractivity contribution < 1.29 is 33.4 Å². The number of benzene rings is 3. The van der Waals surface area contributed by atoms with Crippen molar-refractivity contribution in [3.8, 4) is 0 Å². The lowest BCUT2D eigenvalue weighted by Gasteiger charge is -2.19. The maximum Gasteiger partial charge on any atom is 0.416 e. The van der Waals surface area contributed by atoms with Crippen LogP contribution in [0.15, 0.2) is 84.9 Å². The molecular weight excluding hydrogens is 500 g/mol. The summed E-state index contributed by atoms with van der Waals surface area (Å²) in [7, 11) is 0. The monoisotopic (exact) mass is 530 g/mol. The first-order valence-corrected chi connectivity index (χ1v) is 12.7. The molecule has 1 atom stereocenters. The van der Waals surface area contributed by atoms with E-state index in [0.29, 0.717) is 12.8 Å². The predicted octanol–water partition coefficient (Wildman–Crippen LogP) is 4.37. The fraction of sp³-hybridized carbons (Fsp3) is 0.267. The zero-order chi connectivity index (χ0) is 27.5. The normalized spacial score (nSPS) is 14.4. The second kappa shape index (κ2) is 13.8. The van der Waals surface area contributed by atoms with Crippen molar-refractivity contribution in [2.24, 2.45) is 0 Å². The van der Waals surface area contributed by atoms with Crippen LogP contribution in [0.4, 0.5) is 9.59 Å². The molecule has 1 aliphatic heterocycles. The zero-order valence-electron chi connectivity index (χ0n) is 21.4. The van der Waals surface area contributed by atoms with E-state index in [1.54, 1.807) is 0 Å². The third kappa shape index (κ3) is 8.16. The van der Waals surface area contributed by atoms with E-state index in [1.807, 2.05) is 84.9 Å². The fourth-order valence-electron chi connectivity index (χ4n) is 4.26. The molecule has 0 unspecified atom stereocenters. The van der Waals surface area contributed by atoms with Gasteiger partial charge in [0, 0.05) is 6.42 Å². The second-order valence-electron chi connectivity index (χ2n) is 9.03. The summed E-state index contributed by atoms with van der Waals surface area (Å²) in [4.78, 5) is 50.0. The third-order valence-corrected chi connectivity index (χ3v) is 6.25. The van der Waals surface area contributed by atoms with Crippen molar-refractivity contribution in [3.63, 3.8) is 0 Å². The highest BCUT2D eigenvalue weighted by Gasteiger charge is 2.37. The summed E-state index contributed by atoms with van der Waals surface area (Å²) in [6, 6.07) is 26.7. The van der Waals surface area contributed by atoms with Crippen molar-refractivity contribution in [1.29, 1.82) is 0 Å². The molecule has 1 aliphatic rings. The topological polar surface area (TPSA) is 111 Å². The Balaban J connectivity index is 1.16. The summed E-state index contributed by atoms with van der Waals surface area (Å²) in [6.45, 7) is -0.236. The average Bonchev–Trinajstić information content (AvgIpc) is 3.32. The number of cyclic esters (lactones) is 1. The summed E-state index contributed by atoms with van der Waals surface area (Å²) in [6.07, 6.45) is -0.751. The van der Waals surface area contributed by atoms with Gasteiger partial charge in [-0.15, -0.1) is 0 Å². The Bertz CT molecular complexity index is 1280. The first kappa shape index (κ1) is 27.4. The van der Waals surface area contributed by atoms with E-state index >= 15 is 0 Å². The second-order valence-corrected chi connectivity index (χ2v) is 9.03. The Morgan fingerprint density at radius 2 is 1.46 bits per heavy atom. The van der Waals surface area contributed by atoms with Gasteiger partial charge in [0.2, 0.25) is 5.91 Å². The van der Waals surface area contributed by atoms with Crippen LogP contribution in [0.25, 0.3) is 0 Å². The van der Waals surface area contributed by atoms with E-state index in [4.69, 9.17) is 14.2 Å². The van der Waals surface area contributed by atoms with Gasteiger partial charge in [0.1, 0.15) is 13.2 Å². The standard InChI is InChI=1S/C30H30N2O7/c33-27(32-26(20-38-30(32)36)18-23-11-5-2-6-12-23)15-16-28(34)39-21-31-29(35)37-19-25-14-8-7-13-24(25)17-22-9-3-1-4-10-22/h1-14,26H,15-21H2,(H,31,35)/t26-/m1/s1. The van der Waals surface area contributed by atoms with Gasteiger partial charge in [-0.2, -0.15) is 0 Å². The molecule has 39 heavy (non-hydrogen) atoms.